The number of amides is 1. The fourth-order valence-electron chi connectivity index (χ4n) is 1.90. The highest BCUT2D eigenvalue weighted by molar-refractivity contribution is 6.33. The maximum atomic E-state index is 12.2. The number of nitrogens with one attached hydrogen (secondary N) is 2. The summed E-state index contributed by atoms with van der Waals surface area (Å²) in [6.45, 7) is 1.82. The van der Waals surface area contributed by atoms with Crippen LogP contribution in [0.4, 0.5) is 17.1 Å². The van der Waals surface area contributed by atoms with Gasteiger partial charge >= 0.3 is 0 Å². The van der Waals surface area contributed by atoms with Crippen molar-refractivity contribution >= 4 is 46.2 Å². The molecular weight excluding hydrogens is 379 g/mol. The summed E-state index contributed by atoms with van der Waals surface area (Å²) in [5.41, 5.74) is 1.05. The Bertz CT molecular complexity index is 952. The standard InChI is InChI=1S/C17H12Cl2N4O3/c1-10-2-3-12(6-15(10)19)22-17(24)11(8-20)9-21-16-7-13(23(25)26)4-5-14(16)18/h2-7,9,21H,1H3,(H,22,24)/b11-9-. The monoisotopic (exact) mass is 390 g/mol. The number of hydrogen-bond donors (Lipinski definition) is 2. The molecule has 9 heteroatoms. The van der Waals surface area contributed by atoms with Crippen molar-refractivity contribution in [3.8, 4) is 6.07 Å². The van der Waals surface area contributed by atoms with Crippen molar-refractivity contribution in [2.45, 2.75) is 6.92 Å². The molecule has 1 amide bonds. The van der Waals surface area contributed by atoms with Crippen LogP contribution >= 0.6 is 23.2 Å². The Hall–Kier alpha value is -3.08. The summed E-state index contributed by atoms with van der Waals surface area (Å²) in [5, 5.41) is 25.9. The van der Waals surface area contributed by atoms with Crippen LogP contribution in [-0.2, 0) is 4.79 Å². The summed E-state index contributed by atoms with van der Waals surface area (Å²) >= 11 is 12.0. The first-order valence-corrected chi connectivity index (χ1v) is 7.95. The number of nitro groups is 1. The molecule has 26 heavy (non-hydrogen) atoms. The molecular formula is C17H12Cl2N4O3. The van der Waals surface area contributed by atoms with Crippen LogP contribution in [0.5, 0.6) is 0 Å². The molecule has 0 atom stereocenters. The Morgan fingerprint density at radius 1 is 1.23 bits per heavy atom. The highest BCUT2D eigenvalue weighted by Crippen LogP contribution is 2.27. The molecule has 0 radical (unpaired) electrons. The topological polar surface area (TPSA) is 108 Å². The Kier molecular flexibility index (Phi) is 6.17. The van der Waals surface area contributed by atoms with E-state index in [2.05, 4.69) is 10.6 Å². The van der Waals surface area contributed by atoms with Crippen LogP contribution in [0.3, 0.4) is 0 Å². The summed E-state index contributed by atoms with van der Waals surface area (Å²) < 4.78 is 0. The zero-order chi connectivity index (χ0) is 19.3. The lowest BCUT2D eigenvalue weighted by Gasteiger charge is -2.07. The van der Waals surface area contributed by atoms with E-state index in [9.17, 15) is 20.2 Å². The molecule has 0 aliphatic carbocycles. The molecule has 2 aromatic rings. The zero-order valence-corrected chi connectivity index (χ0v) is 14.9. The van der Waals surface area contributed by atoms with Crippen LogP contribution in [0.1, 0.15) is 5.56 Å². The minimum absolute atomic E-state index is 0.178. The molecule has 7 nitrogen and oxygen atoms in total. The van der Waals surface area contributed by atoms with Crippen LogP contribution in [0, 0.1) is 28.4 Å². The number of anilines is 2. The number of nitrogens with zero attached hydrogens (tertiary/aromatic N) is 2. The molecule has 132 valence electrons. The van der Waals surface area contributed by atoms with Gasteiger partial charge < -0.3 is 10.6 Å². The van der Waals surface area contributed by atoms with Crippen molar-refractivity contribution in [3.63, 3.8) is 0 Å². The normalized spacial score (nSPS) is 10.8. The lowest BCUT2D eigenvalue weighted by Crippen LogP contribution is -2.14. The van der Waals surface area contributed by atoms with E-state index in [-0.39, 0.29) is 22.0 Å². The van der Waals surface area contributed by atoms with Gasteiger partial charge in [-0.2, -0.15) is 5.26 Å². The number of aryl methyl sites for hydroxylation is 1. The Morgan fingerprint density at radius 2 is 1.96 bits per heavy atom. The van der Waals surface area contributed by atoms with Crippen LogP contribution in [0.2, 0.25) is 10.0 Å². The predicted molar refractivity (Wildman–Crippen MR) is 100 cm³/mol. The summed E-state index contributed by atoms with van der Waals surface area (Å²) in [6.07, 6.45) is 1.12. The van der Waals surface area contributed by atoms with Crippen LogP contribution < -0.4 is 10.6 Å². The molecule has 0 aliphatic rings. The number of rotatable bonds is 5. The molecule has 0 unspecified atom stereocenters. The largest absolute Gasteiger partial charge is 0.359 e. The zero-order valence-electron chi connectivity index (χ0n) is 13.4. The van der Waals surface area contributed by atoms with Crippen molar-refractivity contribution in [2.75, 3.05) is 10.6 Å². The molecule has 2 N–H and O–H groups in total. The second-order valence-corrected chi connectivity index (χ2v) is 5.97. The van der Waals surface area contributed by atoms with Gasteiger partial charge in [0.2, 0.25) is 0 Å². The van der Waals surface area contributed by atoms with Gasteiger partial charge in [-0.3, -0.25) is 14.9 Å². The van der Waals surface area contributed by atoms with Gasteiger partial charge in [-0.25, -0.2) is 0 Å². The molecule has 0 fully saturated rings. The van der Waals surface area contributed by atoms with E-state index < -0.39 is 10.8 Å². The number of carbonyl (C=O) groups is 1. The summed E-state index contributed by atoms with van der Waals surface area (Å²) in [5.74, 6) is -0.665. The van der Waals surface area contributed by atoms with E-state index in [4.69, 9.17) is 23.2 Å². The Morgan fingerprint density at radius 3 is 2.58 bits per heavy atom. The maximum absolute atomic E-state index is 12.2. The van der Waals surface area contributed by atoms with Gasteiger partial charge in [-0.1, -0.05) is 29.3 Å². The van der Waals surface area contributed by atoms with Gasteiger partial charge in [0.15, 0.2) is 0 Å². The second kappa shape index (κ2) is 8.34. The van der Waals surface area contributed by atoms with Crippen molar-refractivity contribution in [1.29, 1.82) is 5.26 Å². The highest BCUT2D eigenvalue weighted by Gasteiger charge is 2.12. The smallest absolute Gasteiger partial charge is 0.271 e. The minimum atomic E-state index is -0.665. The molecule has 0 aliphatic heterocycles. The first kappa shape index (κ1) is 19.2. The fourth-order valence-corrected chi connectivity index (χ4v) is 2.26. The van der Waals surface area contributed by atoms with Crippen LogP contribution in [0.25, 0.3) is 0 Å². The van der Waals surface area contributed by atoms with Gasteiger partial charge in [-0.05, 0) is 30.7 Å². The maximum Gasteiger partial charge on any atom is 0.271 e. The van der Waals surface area contributed by atoms with E-state index in [1.54, 1.807) is 24.3 Å². The third-order valence-electron chi connectivity index (χ3n) is 3.33. The number of hydrogen-bond acceptors (Lipinski definition) is 5. The predicted octanol–water partition coefficient (Wildman–Crippen LogP) is 4.67. The third kappa shape index (κ3) is 4.72. The van der Waals surface area contributed by atoms with Crippen molar-refractivity contribution in [1.82, 2.24) is 0 Å². The number of carbonyl (C=O) groups excluding carboxylic acids is 1. The molecule has 0 spiro atoms. The third-order valence-corrected chi connectivity index (χ3v) is 4.06. The number of halogens is 2. The first-order valence-electron chi connectivity index (χ1n) is 7.20. The van der Waals surface area contributed by atoms with Gasteiger partial charge in [0, 0.05) is 29.0 Å². The van der Waals surface area contributed by atoms with Gasteiger partial charge in [-0.15, -0.1) is 0 Å². The second-order valence-electron chi connectivity index (χ2n) is 5.15. The summed E-state index contributed by atoms with van der Waals surface area (Å²) in [4.78, 5) is 22.4. The van der Waals surface area contributed by atoms with Gasteiger partial charge in [0.1, 0.15) is 11.6 Å². The summed E-state index contributed by atoms with van der Waals surface area (Å²) in [7, 11) is 0. The average molecular weight is 391 g/mol. The van der Waals surface area contributed by atoms with Gasteiger partial charge in [0.25, 0.3) is 11.6 Å². The number of benzene rings is 2. The number of non-ortho nitro benzene ring substituents is 1. The molecule has 0 aromatic heterocycles. The van der Waals surface area contributed by atoms with Crippen molar-refractivity contribution in [3.05, 3.63) is 73.9 Å². The van der Waals surface area contributed by atoms with E-state index in [1.807, 2.05) is 6.92 Å². The molecule has 0 saturated carbocycles. The van der Waals surface area contributed by atoms with Crippen LogP contribution in [0.15, 0.2) is 48.2 Å². The molecule has 0 bridgehead atoms. The van der Waals surface area contributed by atoms with E-state index >= 15 is 0 Å². The molecule has 2 rings (SSSR count). The Labute approximate surface area is 159 Å². The van der Waals surface area contributed by atoms with E-state index in [0.717, 1.165) is 11.8 Å². The van der Waals surface area contributed by atoms with E-state index in [1.165, 1.54) is 18.2 Å². The SMILES string of the molecule is Cc1ccc(NC(=O)/C(C#N)=C\Nc2cc([N+](=O)[O-])ccc2Cl)cc1Cl. The number of nitriles is 1. The van der Waals surface area contributed by atoms with Crippen molar-refractivity contribution < 1.29 is 9.72 Å². The first-order chi connectivity index (χ1) is 12.3. The van der Waals surface area contributed by atoms with Crippen molar-refractivity contribution in [2.24, 2.45) is 0 Å². The minimum Gasteiger partial charge on any atom is -0.359 e. The van der Waals surface area contributed by atoms with Gasteiger partial charge in [0.05, 0.1) is 15.6 Å². The number of nitro benzene ring substituents is 1. The molecule has 2 aromatic carbocycles. The van der Waals surface area contributed by atoms with Crippen LogP contribution in [-0.4, -0.2) is 10.8 Å². The lowest BCUT2D eigenvalue weighted by molar-refractivity contribution is -0.384. The fraction of sp³-hybridized carbons (Fsp3) is 0.0588. The lowest BCUT2D eigenvalue weighted by atomic mass is 10.2. The Balaban J connectivity index is 2.18. The quantitative estimate of drug-likeness (QED) is 0.333. The average Bonchev–Trinajstić information content (AvgIpc) is 2.60. The summed E-state index contributed by atoms with van der Waals surface area (Å²) in [6, 6.07) is 10.5. The molecule has 0 heterocycles. The van der Waals surface area contributed by atoms with E-state index in [0.29, 0.717) is 10.7 Å². The highest BCUT2D eigenvalue weighted by atomic mass is 35.5. The molecule has 0 saturated heterocycles.